The Labute approximate surface area is 197 Å². The van der Waals surface area contributed by atoms with E-state index in [0.29, 0.717) is 27.2 Å². The topological polar surface area (TPSA) is 128 Å². The molecule has 4 rings (SSSR count). The summed E-state index contributed by atoms with van der Waals surface area (Å²) in [6, 6.07) is 13.4. The molecule has 0 fully saturated rings. The number of benzene rings is 2. The maximum atomic E-state index is 13.0. The standard InChI is InChI=1S/C23H18N2O7S2/c1-14-18(22(26)25(24-14)16-6-8-17(9-7-16)34(28,29)30)12-15-5-10-19(20(13-15)31-2)32-23(27)21-4-3-11-33-21/h3-13,24H,1H2,2H3,(H,28,29,30)/b18-12-. The van der Waals surface area contributed by atoms with Crippen LogP contribution >= 0.6 is 11.3 Å². The van der Waals surface area contributed by atoms with Crippen LogP contribution in [0.4, 0.5) is 0 Å². The predicted molar refractivity (Wildman–Crippen MR) is 127 cm³/mol. The Bertz CT molecular complexity index is 1630. The highest BCUT2D eigenvalue weighted by Crippen LogP contribution is 2.29. The number of esters is 1. The lowest BCUT2D eigenvalue weighted by Gasteiger charge is -2.09. The van der Waals surface area contributed by atoms with Crippen LogP contribution in [0, 0.1) is 0 Å². The lowest BCUT2D eigenvalue weighted by molar-refractivity contribution is 0.0734. The molecule has 0 saturated heterocycles. The molecule has 0 spiro atoms. The van der Waals surface area contributed by atoms with Gasteiger partial charge < -0.3 is 9.47 Å². The third-order valence-electron chi connectivity index (χ3n) is 4.82. The van der Waals surface area contributed by atoms with Crippen molar-refractivity contribution < 1.29 is 27.2 Å². The summed E-state index contributed by atoms with van der Waals surface area (Å²) in [5.74, 6) is 0.0397. The van der Waals surface area contributed by atoms with Crippen LogP contribution in [0.3, 0.4) is 0 Å². The Hall–Kier alpha value is -3.93. The summed E-state index contributed by atoms with van der Waals surface area (Å²) in [4.78, 5) is 25.4. The van der Waals surface area contributed by atoms with Crippen LogP contribution in [0.15, 0.2) is 69.7 Å². The molecule has 0 atom stereocenters. The molecule has 0 bridgehead atoms. The average Bonchev–Trinajstić information content (AvgIpc) is 3.44. The number of rotatable bonds is 6. The van der Waals surface area contributed by atoms with Crippen LogP contribution in [-0.2, 0) is 10.1 Å². The van der Waals surface area contributed by atoms with Crippen LogP contribution in [0.25, 0.3) is 18.3 Å². The molecule has 0 aliphatic carbocycles. The number of methoxy groups -OCH3 is 1. The van der Waals surface area contributed by atoms with Gasteiger partial charge in [0.05, 0.1) is 28.3 Å². The van der Waals surface area contributed by atoms with Crippen LogP contribution in [0.1, 0.15) is 15.2 Å². The van der Waals surface area contributed by atoms with Crippen molar-refractivity contribution >= 4 is 40.1 Å². The molecular formula is C23H18N2O7S2. The quantitative estimate of drug-likeness (QED) is 0.236. The Balaban J connectivity index is 1.68. The maximum absolute atomic E-state index is 13.0. The summed E-state index contributed by atoms with van der Waals surface area (Å²) in [5.41, 5.74) is 0.537. The van der Waals surface area contributed by atoms with Gasteiger partial charge in [0, 0.05) is 0 Å². The van der Waals surface area contributed by atoms with Crippen LogP contribution < -0.4 is 25.6 Å². The van der Waals surface area contributed by atoms with Gasteiger partial charge in [-0.15, -0.1) is 11.3 Å². The maximum Gasteiger partial charge on any atom is 0.353 e. The van der Waals surface area contributed by atoms with Crippen molar-refractivity contribution in [2.45, 2.75) is 4.90 Å². The highest BCUT2D eigenvalue weighted by Gasteiger charge is 2.14. The van der Waals surface area contributed by atoms with E-state index in [9.17, 15) is 18.0 Å². The van der Waals surface area contributed by atoms with E-state index in [1.807, 2.05) is 0 Å². The molecule has 2 aromatic carbocycles. The second-order valence-corrected chi connectivity index (χ2v) is 9.40. The first-order valence-corrected chi connectivity index (χ1v) is 12.0. The molecule has 174 valence electrons. The van der Waals surface area contributed by atoms with Crippen molar-refractivity contribution in [1.82, 2.24) is 9.78 Å². The second-order valence-electron chi connectivity index (χ2n) is 7.04. The molecule has 0 unspecified atom stereocenters. The fraction of sp³-hybridized carbons (Fsp3) is 0.0435. The molecule has 9 nitrogen and oxygen atoms in total. The molecule has 4 aromatic rings. The Morgan fingerprint density at radius 1 is 1.15 bits per heavy atom. The van der Waals surface area contributed by atoms with Gasteiger partial charge in [0.1, 0.15) is 4.88 Å². The highest BCUT2D eigenvalue weighted by atomic mass is 32.2. The van der Waals surface area contributed by atoms with E-state index in [1.54, 1.807) is 41.8 Å². The zero-order valence-corrected chi connectivity index (χ0v) is 19.4. The van der Waals surface area contributed by atoms with Gasteiger partial charge >= 0.3 is 5.97 Å². The summed E-state index contributed by atoms with van der Waals surface area (Å²) in [6.45, 7) is 3.87. The number of nitrogens with zero attached hydrogens (tertiary/aromatic N) is 1. The zero-order chi connectivity index (χ0) is 24.5. The van der Waals surface area contributed by atoms with E-state index in [4.69, 9.17) is 14.0 Å². The number of hydrogen-bond donors (Lipinski definition) is 2. The molecule has 2 N–H and O–H groups in total. The summed E-state index contributed by atoms with van der Waals surface area (Å²) in [7, 11) is -2.91. The fourth-order valence-electron chi connectivity index (χ4n) is 3.16. The van der Waals surface area contributed by atoms with Gasteiger partial charge in [-0.1, -0.05) is 18.7 Å². The third kappa shape index (κ3) is 4.71. The number of nitrogens with one attached hydrogen (secondary N) is 1. The number of ether oxygens (including phenoxy) is 2. The fourth-order valence-corrected chi connectivity index (χ4v) is 4.24. The molecule has 11 heteroatoms. The first-order chi connectivity index (χ1) is 16.2. The summed E-state index contributed by atoms with van der Waals surface area (Å²) in [5, 5.41) is 5.21. The van der Waals surface area contributed by atoms with Gasteiger partial charge in [-0.3, -0.25) is 14.4 Å². The van der Waals surface area contributed by atoms with E-state index in [0.717, 1.165) is 0 Å². The molecule has 0 saturated carbocycles. The smallest absolute Gasteiger partial charge is 0.353 e. The molecular weight excluding hydrogens is 480 g/mol. The minimum atomic E-state index is -4.34. The number of aromatic amines is 1. The van der Waals surface area contributed by atoms with Crippen molar-refractivity contribution in [3.8, 4) is 17.2 Å². The van der Waals surface area contributed by atoms with Gasteiger partial charge in [-0.05, 0) is 59.5 Å². The van der Waals surface area contributed by atoms with Gasteiger partial charge in [0.2, 0.25) is 0 Å². The first kappa shape index (κ1) is 23.2. The van der Waals surface area contributed by atoms with E-state index >= 15 is 0 Å². The first-order valence-electron chi connectivity index (χ1n) is 9.71. The van der Waals surface area contributed by atoms with Crippen molar-refractivity contribution in [3.63, 3.8) is 0 Å². The van der Waals surface area contributed by atoms with Crippen LogP contribution in [0.5, 0.6) is 11.5 Å². The average molecular weight is 499 g/mol. The minimum absolute atomic E-state index is 0.235. The number of carbonyl (C=O) groups excluding carboxylic acids is 1. The zero-order valence-electron chi connectivity index (χ0n) is 17.7. The Morgan fingerprint density at radius 3 is 2.50 bits per heavy atom. The highest BCUT2D eigenvalue weighted by molar-refractivity contribution is 7.85. The summed E-state index contributed by atoms with van der Waals surface area (Å²) >= 11 is 1.26. The predicted octanol–water partition coefficient (Wildman–Crippen LogP) is 1.94. The minimum Gasteiger partial charge on any atom is -0.493 e. The van der Waals surface area contributed by atoms with Crippen molar-refractivity contribution in [2.75, 3.05) is 7.11 Å². The lowest BCUT2D eigenvalue weighted by atomic mass is 10.1. The Kier molecular flexibility index (Phi) is 6.24. The van der Waals surface area contributed by atoms with Gasteiger partial charge in [0.25, 0.3) is 15.7 Å². The molecule has 2 heterocycles. The molecule has 2 aromatic heterocycles. The van der Waals surface area contributed by atoms with Crippen LogP contribution in [-0.4, -0.2) is 35.8 Å². The summed E-state index contributed by atoms with van der Waals surface area (Å²) < 4.78 is 43.5. The number of carbonyl (C=O) groups is 1. The SMILES string of the molecule is C=c1[nH]n(-c2ccc(S(=O)(=O)O)cc2)c(=O)/c1=C\c1ccc(OC(=O)c2cccs2)c(OC)c1. The number of H-pyrrole nitrogens is 1. The molecule has 0 amide bonds. The lowest BCUT2D eigenvalue weighted by Crippen LogP contribution is -2.33. The van der Waals surface area contributed by atoms with Gasteiger partial charge in [0.15, 0.2) is 11.5 Å². The van der Waals surface area contributed by atoms with E-state index in [-0.39, 0.29) is 15.9 Å². The molecule has 0 radical (unpaired) electrons. The monoisotopic (exact) mass is 498 g/mol. The summed E-state index contributed by atoms with van der Waals surface area (Å²) in [6.07, 6.45) is 1.59. The molecule has 0 aliphatic heterocycles. The van der Waals surface area contributed by atoms with Crippen molar-refractivity contribution in [3.05, 3.63) is 91.3 Å². The third-order valence-corrected chi connectivity index (χ3v) is 6.54. The van der Waals surface area contributed by atoms with Gasteiger partial charge in [-0.25, -0.2) is 9.48 Å². The van der Waals surface area contributed by atoms with Crippen molar-refractivity contribution in [2.24, 2.45) is 0 Å². The number of hydrogen-bond acceptors (Lipinski definition) is 7. The van der Waals surface area contributed by atoms with Crippen molar-refractivity contribution in [1.29, 1.82) is 0 Å². The molecule has 34 heavy (non-hydrogen) atoms. The van der Waals surface area contributed by atoms with E-state index < -0.39 is 21.6 Å². The van der Waals surface area contributed by atoms with Gasteiger partial charge in [-0.2, -0.15) is 8.42 Å². The largest absolute Gasteiger partial charge is 0.493 e. The second kappa shape index (κ2) is 9.14. The van der Waals surface area contributed by atoms with Crippen LogP contribution in [0.2, 0.25) is 0 Å². The van der Waals surface area contributed by atoms with E-state index in [2.05, 4.69) is 11.7 Å². The Morgan fingerprint density at radius 2 is 1.88 bits per heavy atom. The normalized spacial score (nSPS) is 12.0. The van der Waals surface area contributed by atoms with E-state index in [1.165, 1.54) is 47.4 Å². The number of thiophene rings is 1. The molecule has 0 aliphatic rings. The number of aromatic nitrogens is 2.